The van der Waals surface area contributed by atoms with Crippen molar-refractivity contribution in [2.24, 2.45) is 0 Å². The van der Waals surface area contributed by atoms with Crippen molar-refractivity contribution in [1.82, 2.24) is 10.1 Å². The summed E-state index contributed by atoms with van der Waals surface area (Å²) in [7, 11) is 0. The maximum Gasteiger partial charge on any atom is 0.320 e. The molecule has 110 valence electrons. The predicted octanol–water partition coefficient (Wildman–Crippen LogP) is 2.66. The fourth-order valence-corrected chi connectivity index (χ4v) is 2.42. The maximum absolute atomic E-state index is 13.0. The third-order valence-electron chi connectivity index (χ3n) is 3.90. The zero-order chi connectivity index (χ0) is 14.5. The van der Waals surface area contributed by atoms with Gasteiger partial charge < -0.3 is 9.26 Å². The highest BCUT2D eigenvalue weighted by molar-refractivity contribution is 5.83. The second-order valence-electron chi connectivity index (χ2n) is 6.75. The summed E-state index contributed by atoms with van der Waals surface area (Å²) in [6.45, 7) is 5.49. The predicted molar refractivity (Wildman–Crippen MR) is 67.9 cm³/mol. The monoisotopic (exact) mass is 282 g/mol. The molecular formula is C14H19FN2O3. The van der Waals surface area contributed by atoms with E-state index in [9.17, 15) is 9.18 Å². The molecule has 0 unspecified atom stereocenters. The van der Waals surface area contributed by atoms with Crippen LogP contribution in [0.15, 0.2) is 4.52 Å². The molecule has 20 heavy (non-hydrogen) atoms. The summed E-state index contributed by atoms with van der Waals surface area (Å²) in [5.41, 5.74) is -1.34. The summed E-state index contributed by atoms with van der Waals surface area (Å²) in [4.78, 5) is 16.7. The Morgan fingerprint density at radius 1 is 1.45 bits per heavy atom. The van der Waals surface area contributed by atoms with Crippen LogP contribution in [0.25, 0.3) is 0 Å². The van der Waals surface area contributed by atoms with Crippen molar-refractivity contribution in [2.45, 2.75) is 69.6 Å². The van der Waals surface area contributed by atoms with Crippen molar-refractivity contribution in [2.75, 3.05) is 0 Å². The Morgan fingerprint density at radius 3 is 2.55 bits per heavy atom. The van der Waals surface area contributed by atoms with E-state index in [4.69, 9.17) is 9.26 Å². The number of hydrogen-bond acceptors (Lipinski definition) is 5. The molecule has 0 amide bonds. The highest BCUT2D eigenvalue weighted by Crippen LogP contribution is 2.47. The first-order chi connectivity index (χ1) is 9.32. The molecule has 3 rings (SSSR count). The second-order valence-corrected chi connectivity index (χ2v) is 6.75. The van der Waals surface area contributed by atoms with E-state index in [0.717, 1.165) is 6.42 Å². The Hall–Kier alpha value is -1.46. The van der Waals surface area contributed by atoms with Crippen molar-refractivity contribution < 1.29 is 18.4 Å². The third kappa shape index (κ3) is 2.21. The van der Waals surface area contributed by atoms with Crippen LogP contribution in [0.3, 0.4) is 0 Å². The minimum Gasteiger partial charge on any atom is -0.459 e. The molecule has 0 bridgehead atoms. The van der Waals surface area contributed by atoms with Gasteiger partial charge in [0, 0.05) is 0 Å². The van der Waals surface area contributed by atoms with Crippen LogP contribution in [-0.2, 0) is 14.9 Å². The Bertz CT molecular complexity index is 531. The van der Waals surface area contributed by atoms with Gasteiger partial charge in [0.1, 0.15) is 17.2 Å². The largest absolute Gasteiger partial charge is 0.459 e. The molecule has 1 aromatic rings. The number of esters is 1. The van der Waals surface area contributed by atoms with Crippen LogP contribution in [0.1, 0.15) is 64.1 Å². The molecule has 0 saturated heterocycles. The number of hydrogen-bond donors (Lipinski definition) is 0. The molecule has 0 N–H and O–H groups in total. The van der Waals surface area contributed by atoms with Gasteiger partial charge >= 0.3 is 5.97 Å². The maximum atomic E-state index is 13.0. The van der Waals surface area contributed by atoms with Gasteiger partial charge in [-0.2, -0.15) is 4.98 Å². The zero-order valence-corrected chi connectivity index (χ0v) is 12.0. The highest BCUT2D eigenvalue weighted by Gasteiger charge is 2.53. The van der Waals surface area contributed by atoms with E-state index in [2.05, 4.69) is 10.1 Å². The molecule has 0 spiro atoms. The molecule has 2 fully saturated rings. The SMILES string of the molecule is CC(C)(C)OC(=O)C1(c2noc([C@@H]3C[C@@H]3F)n2)CCC1. The summed E-state index contributed by atoms with van der Waals surface area (Å²) < 4.78 is 23.6. The Labute approximate surface area is 116 Å². The molecule has 2 saturated carbocycles. The topological polar surface area (TPSA) is 65.2 Å². The van der Waals surface area contributed by atoms with E-state index in [1.165, 1.54) is 0 Å². The van der Waals surface area contributed by atoms with Gasteiger partial charge in [-0.1, -0.05) is 11.6 Å². The first kappa shape index (κ1) is 13.5. The molecule has 0 aromatic carbocycles. The summed E-state index contributed by atoms with van der Waals surface area (Å²) in [6, 6.07) is 0. The average Bonchev–Trinajstić information content (AvgIpc) is 2.80. The molecule has 2 atom stereocenters. The molecule has 1 heterocycles. The lowest BCUT2D eigenvalue weighted by atomic mass is 9.68. The number of carbonyl (C=O) groups excluding carboxylic acids is 1. The molecule has 6 heteroatoms. The number of nitrogens with zero attached hydrogens (tertiary/aromatic N) is 2. The number of halogens is 1. The van der Waals surface area contributed by atoms with Gasteiger partial charge in [-0.3, -0.25) is 4.79 Å². The van der Waals surface area contributed by atoms with E-state index >= 15 is 0 Å². The second kappa shape index (κ2) is 4.27. The average molecular weight is 282 g/mol. The Morgan fingerprint density at radius 2 is 2.10 bits per heavy atom. The molecule has 2 aliphatic carbocycles. The zero-order valence-electron chi connectivity index (χ0n) is 12.0. The summed E-state index contributed by atoms with van der Waals surface area (Å²) >= 11 is 0. The van der Waals surface area contributed by atoms with E-state index in [0.29, 0.717) is 31.0 Å². The molecule has 5 nitrogen and oxygen atoms in total. The molecular weight excluding hydrogens is 263 g/mol. The molecule has 0 aliphatic heterocycles. The van der Waals surface area contributed by atoms with E-state index in [1.807, 2.05) is 20.8 Å². The van der Waals surface area contributed by atoms with Crippen LogP contribution in [0.4, 0.5) is 4.39 Å². The normalized spacial score (nSPS) is 27.8. The van der Waals surface area contributed by atoms with E-state index in [-0.39, 0.29) is 11.9 Å². The van der Waals surface area contributed by atoms with Crippen LogP contribution in [-0.4, -0.2) is 27.9 Å². The third-order valence-corrected chi connectivity index (χ3v) is 3.90. The van der Waals surface area contributed by atoms with Crippen molar-refractivity contribution in [3.8, 4) is 0 Å². The van der Waals surface area contributed by atoms with Crippen LogP contribution >= 0.6 is 0 Å². The Kier molecular flexibility index (Phi) is 2.88. The van der Waals surface area contributed by atoms with Gasteiger partial charge in [0.15, 0.2) is 5.82 Å². The molecule has 0 radical (unpaired) electrons. The van der Waals surface area contributed by atoms with Crippen molar-refractivity contribution in [3.63, 3.8) is 0 Å². The van der Waals surface area contributed by atoms with E-state index < -0.39 is 17.2 Å². The fraction of sp³-hybridized carbons (Fsp3) is 0.786. The Balaban J connectivity index is 1.81. The highest BCUT2D eigenvalue weighted by atomic mass is 19.1. The van der Waals surface area contributed by atoms with Crippen LogP contribution in [0, 0.1) is 0 Å². The first-order valence-corrected chi connectivity index (χ1v) is 7.03. The van der Waals surface area contributed by atoms with Gasteiger partial charge in [-0.15, -0.1) is 0 Å². The van der Waals surface area contributed by atoms with Gasteiger partial charge in [0.2, 0.25) is 5.89 Å². The smallest absolute Gasteiger partial charge is 0.320 e. The van der Waals surface area contributed by atoms with Gasteiger partial charge in [0.05, 0.1) is 5.92 Å². The quantitative estimate of drug-likeness (QED) is 0.797. The lowest BCUT2D eigenvalue weighted by molar-refractivity contribution is -0.166. The van der Waals surface area contributed by atoms with Gasteiger partial charge in [-0.25, -0.2) is 4.39 Å². The van der Waals surface area contributed by atoms with E-state index in [1.54, 1.807) is 0 Å². The number of ether oxygens (including phenoxy) is 1. The fourth-order valence-electron chi connectivity index (χ4n) is 2.42. The van der Waals surface area contributed by atoms with Gasteiger partial charge in [-0.05, 0) is 40.0 Å². The minimum atomic E-state index is -0.887. The lowest BCUT2D eigenvalue weighted by Gasteiger charge is -2.38. The summed E-state index contributed by atoms with van der Waals surface area (Å²) in [5, 5.41) is 3.90. The van der Waals surface area contributed by atoms with Gasteiger partial charge in [0.25, 0.3) is 0 Å². The number of aromatic nitrogens is 2. The van der Waals surface area contributed by atoms with Crippen molar-refractivity contribution in [3.05, 3.63) is 11.7 Å². The lowest BCUT2D eigenvalue weighted by Crippen LogP contribution is -2.47. The molecule has 1 aromatic heterocycles. The van der Waals surface area contributed by atoms with Crippen molar-refractivity contribution in [1.29, 1.82) is 0 Å². The summed E-state index contributed by atoms with van der Waals surface area (Å²) in [6.07, 6.45) is 1.79. The number of rotatable bonds is 3. The standard InChI is InChI=1S/C14H19FN2O3/c1-13(2,3)19-12(18)14(5-4-6-14)11-16-10(20-17-11)8-7-9(8)15/h8-9H,4-7H2,1-3H3/t8-,9+/m1/s1. The number of alkyl halides is 1. The van der Waals surface area contributed by atoms with Crippen LogP contribution < -0.4 is 0 Å². The van der Waals surface area contributed by atoms with Crippen molar-refractivity contribution >= 4 is 5.97 Å². The number of carbonyl (C=O) groups is 1. The minimum absolute atomic E-state index is 0.285. The first-order valence-electron chi connectivity index (χ1n) is 7.03. The van der Waals surface area contributed by atoms with Crippen LogP contribution in [0.5, 0.6) is 0 Å². The molecule has 2 aliphatic rings. The van der Waals surface area contributed by atoms with Crippen LogP contribution in [0.2, 0.25) is 0 Å². The summed E-state index contributed by atoms with van der Waals surface area (Å²) in [5.74, 6) is 0.0673.